The molecule has 0 bridgehead atoms. The van der Waals surface area contributed by atoms with Gasteiger partial charge in [0.1, 0.15) is 5.82 Å². The van der Waals surface area contributed by atoms with Crippen molar-refractivity contribution >= 4 is 10.0 Å². The second kappa shape index (κ2) is 6.20. The maximum Gasteiger partial charge on any atom is 0.243 e. The fourth-order valence-electron chi connectivity index (χ4n) is 2.56. The summed E-state index contributed by atoms with van der Waals surface area (Å²) in [6.45, 7) is 3.00. The molecule has 0 amide bonds. The molecule has 1 heterocycles. The molecule has 1 unspecified atom stereocenters. The summed E-state index contributed by atoms with van der Waals surface area (Å²) in [7, 11) is -1.98. The van der Waals surface area contributed by atoms with Crippen molar-refractivity contribution in [2.75, 3.05) is 20.1 Å². The van der Waals surface area contributed by atoms with Crippen molar-refractivity contribution in [3.8, 4) is 0 Å². The Morgan fingerprint density at radius 3 is 2.75 bits per heavy atom. The Bertz CT molecular complexity index is 569. The molecule has 1 saturated heterocycles. The summed E-state index contributed by atoms with van der Waals surface area (Å²) in [6, 6.07) is 3.97. The van der Waals surface area contributed by atoms with Crippen LogP contribution in [0.15, 0.2) is 23.1 Å². The lowest BCUT2D eigenvalue weighted by molar-refractivity contribution is 0.337. The van der Waals surface area contributed by atoms with E-state index < -0.39 is 15.8 Å². The Labute approximate surface area is 120 Å². The van der Waals surface area contributed by atoms with Gasteiger partial charge in [-0.25, -0.2) is 12.8 Å². The third kappa shape index (κ3) is 3.37. The number of nitrogens with one attached hydrogen (secondary N) is 1. The van der Waals surface area contributed by atoms with Crippen LogP contribution in [0.3, 0.4) is 0 Å². The SMILES string of the molecule is Cc1cc(F)ccc1S(=O)(=O)N(C)CC1CCCCN1. The summed E-state index contributed by atoms with van der Waals surface area (Å²) in [4.78, 5) is 0.178. The number of benzene rings is 1. The smallest absolute Gasteiger partial charge is 0.243 e. The summed E-state index contributed by atoms with van der Waals surface area (Å²) >= 11 is 0. The van der Waals surface area contributed by atoms with Crippen LogP contribution in [0.1, 0.15) is 24.8 Å². The number of sulfonamides is 1. The second-order valence-electron chi connectivity index (χ2n) is 5.34. The van der Waals surface area contributed by atoms with E-state index in [1.807, 2.05) is 0 Å². The third-order valence-corrected chi connectivity index (χ3v) is 5.70. The molecule has 0 aromatic heterocycles. The number of nitrogens with zero attached hydrogens (tertiary/aromatic N) is 1. The molecule has 1 aliphatic rings. The fourth-order valence-corrected chi connectivity index (χ4v) is 3.98. The van der Waals surface area contributed by atoms with Crippen LogP contribution in [0.2, 0.25) is 0 Å². The molecule has 0 saturated carbocycles. The van der Waals surface area contributed by atoms with Gasteiger partial charge in [0.2, 0.25) is 10.0 Å². The van der Waals surface area contributed by atoms with Gasteiger partial charge in [-0.3, -0.25) is 0 Å². The van der Waals surface area contributed by atoms with Gasteiger partial charge in [0.05, 0.1) is 4.90 Å². The molecule has 112 valence electrons. The van der Waals surface area contributed by atoms with Crippen molar-refractivity contribution in [2.45, 2.75) is 37.1 Å². The monoisotopic (exact) mass is 300 g/mol. The zero-order chi connectivity index (χ0) is 14.8. The number of rotatable bonds is 4. The Balaban J connectivity index is 2.16. The first-order chi connectivity index (χ1) is 9.41. The lowest BCUT2D eigenvalue weighted by Gasteiger charge is -2.28. The van der Waals surface area contributed by atoms with E-state index in [2.05, 4.69) is 5.32 Å². The summed E-state index contributed by atoms with van der Waals surface area (Å²) in [5.41, 5.74) is 0.438. The van der Waals surface area contributed by atoms with E-state index in [1.54, 1.807) is 14.0 Å². The molecular formula is C14H21FN2O2S. The van der Waals surface area contributed by atoms with E-state index in [4.69, 9.17) is 0 Å². The lowest BCUT2D eigenvalue weighted by Crippen LogP contribution is -2.44. The minimum atomic E-state index is -3.56. The van der Waals surface area contributed by atoms with Crippen molar-refractivity contribution in [3.05, 3.63) is 29.6 Å². The van der Waals surface area contributed by atoms with Crippen molar-refractivity contribution in [1.82, 2.24) is 9.62 Å². The van der Waals surface area contributed by atoms with Gasteiger partial charge >= 0.3 is 0 Å². The predicted molar refractivity (Wildman–Crippen MR) is 76.6 cm³/mol. The number of piperidine rings is 1. The van der Waals surface area contributed by atoms with Crippen molar-refractivity contribution in [1.29, 1.82) is 0 Å². The van der Waals surface area contributed by atoms with Crippen molar-refractivity contribution in [2.24, 2.45) is 0 Å². The van der Waals surface area contributed by atoms with Gasteiger partial charge in [-0.05, 0) is 50.1 Å². The van der Waals surface area contributed by atoms with Gasteiger partial charge in [-0.2, -0.15) is 4.31 Å². The first kappa shape index (κ1) is 15.4. The first-order valence-electron chi connectivity index (χ1n) is 6.87. The summed E-state index contributed by atoms with van der Waals surface area (Å²) in [6.07, 6.45) is 3.26. The van der Waals surface area contributed by atoms with Crippen LogP contribution in [0, 0.1) is 12.7 Å². The molecule has 6 heteroatoms. The van der Waals surface area contributed by atoms with Crippen LogP contribution in [-0.4, -0.2) is 38.9 Å². The molecule has 0 spiro atoms. The largest absolute Gasteiger partial charge is 0.313 e. The Morgan fingerprint density at radius 1 is 1.40 bits per heavy atom. The van der Waals surface area contributed by atoms with E-state index in [0.717, 1.165) is 25.8 Å². The van der Waals surface area contributed by atoms with E-state index in [9.17, 15) is 12.8 Å². The highest BCUT2D eigenvalue weighted by molar-refractivity contribution is 7.89. The van der Waals surface area contributed by atoms with Gasteiger partial charge in [0, 0.05) is 19.6 Å². The molecule has 0 aliphatic carbocycles. The minimum absolute atomic E-state index is 0.178. The highest BCUT2D eigenvalue weighted by Gasteiger charge is 2.26. The maximum absolute atomic E-state index is 13.1. The van der Waals surface area contributed by atoms with Gasteiger partial charge in [0.25, 0.3) is 0 Å². The predicted octanol–water partition coefficient (Wildman–Crippen LogP) is 1.90. The normalized spacial score (nSPS) is 20.3. The van der Waals surface area contributed by atoms with Crippen molar-refractivity contribution in [3.63, 3.8) is 0 Å². The van der Waals surface area contributed by atoms with Crippen LogP contribution in [0.4, 0.5) is 4.39 Å². The first-order valence-corrected chi connectivity index (χ1v) is 8.31. The van der Waals surface area contributed by atoms with E-state index in [1.165, 1.54) is 22.5 Å². The molecule has 1 N–H and O–H groups in total. The minimum Gasteiger partial charge on any atom is -0.313 e. The van der Waals surface area contributed by atoms with Crippen molar-refractivity contribution < 1.29 is 12.8 Å². The zero-order valence-electron chi connectivity index (χ0n) is 11.9. The van der Waals surface area contributed by atoms with E-state index >= 15 is 0 Å². The van der Waals surface area contributed by atoms with E-state index in [0.29, 0.717) is 12.1 Å². The molecule has 4 nitrogen and oxygen atoms in total. The molecule has 1 aromatic carbocycles. The summed E-state index contributed by atoms with van der Waals surface area (Å²) in [5, 5.41) is 3.33. The molecule has 20 heavy (non-hydrogen) atoms. The number of hydrogen-bond donors (Lipinski definition) is 1. The Hall–Kier alpha value is -0.980. The van der Waals surface area contributed by atoms with Gasteiger partial charge in [-0.1, -0.05) is 6.42 Å². The highest BCUT2D eigenvalue weighted by atomic mass is 32.2. The number of aryl methyl sites for hydroxylation is 1. The van der Waals surface area contributed by atoms with Gasteiger partial charge < -0.3 is 5.32 Å². The Kier molecular flexibility index (Phi) is 4.78. The quantitative estimate of drug-likeness (QED) is 0.924. The average Bonchev–Trinajstić information content (AvgIpc) is 2.39. The molecule has 2 rings (SSSR count). The highest BCUT2D eigenvalue weighted by Crippen LogP contribution is 2.20. The van der Waals surface area contributed by atoms with Gasteiger partial charge in [-0.15, -0.1) is 0 Å². The van der Waals surface area contributed by atoms with E-state index in [-0.39, 0.29) is 10.9 Å². The third-order valence-electron chi connectivity index (χ3n) is 3.72. The number of hydrogen-bond acceptors (Lipinski definition) is 3. The van der Waals surface area contributed by atoms with Crippen LogP contribution in [-0.2, 0) is 10.0 Å². The molecule has 1 fully saturated rings. The topological polar surface area (TPSA) is 49.4 Å². The molecule has 0 radical (unpaired) electrons. The number of halogens is 1. The molecular weight excluding hydrogens is 279 g/mol. The standard InChI is InChI=1S/C14H21FN2O2S/c1-11-9-12(15)6-7-14(11)20(18,19)17(2)10-13-5-3-4-8-16-13/h6-7,9,13,16H,3-5,8,10H2,1-2H3. The fraction of sp³-hybridized carbons (Fsp3) is 0.571. The Morgan fingerprint density at radius 2 is 2.15 bits per heavy atom. The van der Waals surface area contributed by atoms with Crippen LogP contribution >= 0.6 is 0 Å². The van der Waals surface area contributed by atoms with Crippen LogP contribution in [0.25, 0.3) is 0 Å². The van der Waals surface area contributed by atoms with Gasteiger partial charge in [0.15, 0.2) is 0 Å². The molecule has 1 atom stereocenters. The molecule has 1 aromatic rings. The summed E-state index contributed by atoms with van der Waals surface area (Å²) < 4.78 is 39.5. The average molecular weight is 300 g/mol. The second-order valence-corrected chi connectivity index (χ2v) is 7.36. The zero-order valence-corrected chi connectivity index (χ0v) is 12.7. The number of likely N-dealkylation sites (N-methyl/N-ethyl adjacent to an activating group) is 1. The summed E-state index contributed by atoms with van der Waals surface area (Å²) in [5.74, 6) is -0.418. The lowest BCUT2D eigenvalue weighted by atomic mass is 10.1. The van der Waals surface area contributed by atoms with Crippen LogP contribution < -0.4 is 5.32 Å². The maximum atomic E-state index is 13.1. The van der Waals surface area contributed by atoms with Crippen LogP contribution in [0.5, 0.6) is 0 Å². The molecule has 1 aliphatic heterocycles.